The second-order valence-electron chi connectivity index (χ2n) is 3.33. The molecule has 0 aliphatic heterocycles. The summed E-state index contributed by atoms with van der Waals surface area (Å²) in [4.78, 5) is 2.68. The summed E-state index contributed by atoms with van der Waals surface area (Å²) >= 11 is 5.51. The highest BCUT2D eigenvalue weighted by Gasteiger charge is 2.21. The number of hydrogen-bond donors (Lipinski definition) is 1. The van der Waals surface area contributed by atoms with Crippen LogP contribution >= 0.6 is 11.8 Å². The van der Waals surface area contributed by atoms with Crippen LogP contribution < -0.4 is 4.84 Å². The quantitative estimate of drug-likeness (QED) is 0.630. The Bertz CT molecular complexity index is 196. The van der Waals surface area contributed by atoms with E-state index < -0.39 is 0 Å². The average Bonchev–Trinajstić information content (AvgIpc) is 2.05. The molecule has 0 amide bonds. The second kappa shape index (κ2) is 3.31. The van der Waals surface area contributed by atoms with Crippen LogP contribution in [-0.4, -0.2) is 0 Å². The molecule has 1 nitrogen and oxygen atoms in total. The zero-order valence-corrected chi connectivity index (χ0v) is 7.78. The van der Waals surface area contributed by atoms with Crippen molar-refractivity contribution in [1.82, 2.24) is 4.84 Å². The van der Waals surface area contributed by atoms with Gasteiger partial charge >= 0.3 is 0 Å². The van der Waals surface area contributed by atoms with Crippen LogP contribution in [0.1, 0.15) is 26.7 Å². The first-order valence-corrected chi connectivity index (χ1v) is 4.33. The number of rotatable bonds is 2. The van der Waals surface area contributed by atoms with Crippen molar-refractivity contribution in [2.24, 2.45) is 5.41 Å². The topological polar surface area (TPSA) is 12.0 Å². The van der Waals surface area contributed by atoms with Crippen LogP contribution in [0.5, 0.6) is 0 Å². The van der Waals surface area contributed by atoms with Crippen molar-refractivity contribution >= 4 is 11.8 Å². The molecule has 1 aliphatic rings. The van der Waals surface area contributed by atoms with Gasteiger partial charge in [-0.3, -0.25) is 0 Å². The third kappa shape index (κ3) is 2.00. The van der Waals surface area contributed by atoms with Gasteiger partial charge in [-0.15, -0.1) is 0 Å². The van der Waals surface area contributed by atoms with Gasteiger partial charge < -0.3 is 4.84 Å². The van der Waals surface area contributed by atoms with Crippen molar-refractivity contribution in [3.05, 3.63) is 23.9 Å². The van der Waals surface area contributed by atoms with E-state index in [9.17, 15) is 0 Å². The minimum atomic E-state index is 0.298. The Morgan fingerprint density at radius 2 is 2.45 bits per heavy atom. The fourth-order valence-corrected chi connectivity index (χ4v) is 1.39. The van der Waals surface area contributed by atoms with Crippen molar-refractivity contribution in [2.45, 2.75) is 26.7 Å². The maximum absolute atomic E-state index is 5.51. The van der Waals surface area contributed by atoms with Crippen LogP contribution in [0.2, 0.25) is 0 Å². The molecule has 1 rings (SSSR count). The first-order valence-electron chi connectivity index (χ1n) is 3.95. The number of nitrogens with one attached hydrogen (secondary N) is 1. The van der Waals surface area contributed by atoms with Crippen LogP contribution in [-0.2, 0) is 0 Å². The van der Waals surface area contributed by atoms with Crippen molar-refractivity contribution in [3.63, 3.8) is 0 Å². The Morgan fingerprint density at radius 3 is 3.00 bits per heavy atom. The van der Waals surface area contributed by atoms with Crippen LogP contribution in [0.15, 0.2) is 23.9 Å². The molecule has 1 unspecified atom stereocenters. The fraction of sp³-hybridized carbons (Fsp3) is 0.556. The summed E-state index contributed by atoms with van der Waals surface area (Å²) in [5.74, 6) is 0. The number of allylic oxidation sites excluding steroid dienone is 4. The summed E-state index contributed by atoms with van der Waals surface area (Å²) in [5.41, 5.74) is 1.41. The van der Waals surface area contributed by atoms with E-state index in [-0.39, 0.29) is 0 Å². The number of halogens is 1. The standard InChI is InChI=1S/C9H14ClN/c1-3-9(2)6-4-5-8(7-9)11-10/h4-6,11H,3,7H2,1-2H3. The van der Waals surface area contributed by atoms with Gasteiger partial charge in [-0.05, 0) is 24.3 Å². The molecule has 0 heterocycles. The van der Waals surface area contributed by atoms with E-state index in [1.54, 1.807) is 0 Å². The smallest absolute Gasteiger partial charge is 0.0273 e. The lowest BCUT2D eigenvalue weighted by Gasteiger charge is -2.27. The van der Waals surface area contributed by atoms with Crippen LogP contribution in [0, 0.1) is 5.41 Å². The van der Waals surface area contributed by atoms with Gasteiger partial charge in [0.05, 0.1) is 0 Å². The third-order valence-electron chi connectivity index (χ3n) is 2.32. The van der Waals surface area contributed by atoms with Gasteiger partial charge in [0.2, 0.25) is 0 Å². The largest absolute Gasteiger partial charge is 0.303 e. The molecule has 62 valence electrons. The molecular formula is C9H14ClN. The monoisotopic (exact) mass is 171 g/mol. The van der Waals surface area contributed by atoms with Gasteiger partial charge in [0.1, 0.15) is 0 Å². The van der Waals surface area contributed by atoms with Gasteiger partial charge in [-0.1, -0.05) is 26.0 Å². The predicted octanol–water partition coefficient (Wildman–Crippen LogP) is 2.99. The number of hydrogen-bond acceptors (Lipinski definition) is 1. The summed E-state index contributed by atoms with van der Waals surface area (Å²) in [6, 6.07) is 0. The molecular weight excluding hydrogens is 158 g/mol. The van der Waals surface area contributed by atoms with Gasteiger partial charge in [-0.25, -0.2) is 0 Å². The van der Waals surface area contributed by atoms with Gasteiger partial charge in [0.25, 0.3) is 0 Å². The van der Waals surface area contributed by atoms with Crippen LogP contribution in [0.25, 0.3) is 0 Å². The van der Waals surface area contributed by atoms with Gasteiger partial charge in [-0.2, -0.15) is 0 Å². The van der Waals surface area contributed by atoms with Crippen LogP contribution in [0.3, 0.4) is 0 Å². The maximum atomic E-state index is 5.51. The molecule has 1 atom stereocenters. The van der Waals surface area contributed by atoms with E-state index in [4.69, 9.17) is 11.8 Å². The van der Waals surface area contributed by atoms with E-state index in [2.05, 4.69) is 30.8 Å². The molecule has 1 aliphatic carbocycles. The van der Waals surface area contributed by atoms with E-state index in [1.807, 2.05) is 6.08 Å². The second-order valence-corrected chi connectivity index (χ2v) is 3.52. The Kier molecular flexibility index (Phi) is 2.61. The minimum Gasteiger partial charge on any atom is -0.303 e. The zero-order chi connectivity index (χ0) is 8.32. The Hall–Kier alpha value is -0.430. The lowest BCUT2D eigenvalue weighted by atomic mass is 9.80. The van der Waals surface area contributed by atoms with E-state index >= 15 is 0 Å². The summed E-state index contributed by atoms with van der Waals surface area (Å²) in [7, 11) is 0. The Morgan fingerprint density at radius 1 is 1.73 bits per heavy atom. The summed E-state index contributed by atoms with van der Waals surface area (Å²) < 4.78 is 0. The molecule has 1 N–H and O–H groups in total. The van der Waals surface area contributed by atoms with Crippen molar-refractivity contribution < 1.29 is 0 Å². The zero-order valence-electron chi connectivity index (χ0n) is 7.02. The summed E-state index contributed by atoms with van der Waals surface area (Å²) in [6.07, 6.45) is 8.50. The van der Waals surface area contributed by atoms with Crippen molar-refractivity contribution in [3.8, 4) is 0 Å². The van der Waals surface area contributed by atoms with Gasteiger partial charge in [0, 0.05) is 17.5 Å². The molecule has 0 fully saturated rings. The van der Waals surface area contributed by atoms with Crippen LogP contribution in [0.4, 0.5) is 0 Å². The molecule has 0 saturated carbocycles. The third-order valence-corrected chi connectivity index (χ3v) is 2.56. The first-order chi connectivity index (χ1) is 5.20. The van der Waals surface area contributed by atoms with E-state index in [0.29, 0.717) is 5.41 Å². The molecule has 0 saturated heterocycles. The molecule has 0 aromatic carbocycles. The molecule has 0 aromatic heterocycles. The molecule has 0 aromatic rings. The lowest BCUT2D eigenvalue weighted by Crippen LogP contribution is -2.18. The lowest BCUT2D eigenvalue weighted by molar-refractivity contribution is 0.398. The highest BCUT2D eigenvalue weighted by atomic mass is 35.5. The average molecular weight is 172 g/mol. The van der Waals surface area contributed by atoms with Crippen molar-refractivity contribution in [1.29, 1.82) is 0 Å². The SMILES string of the molecule is CCC1(C)C=CC=C(NCl)C1. The maximum Gasteiger partial charge on any atom is 0.0273 e. The van der Waals surface area contributed by atoms with E-state index in [1.165, 1.54) is 0 Å². The van der Waals surface area contributed by atoms with E-state index in [0.717, 1.165) is 18.5 Å². The minimum absolute atomic E-state index is 0.298. The molecule has 2 heteroatoms. The molecule has 0 bridgehead atoms. The Balaban J connectivity index is 2.68. The summed E-state index contributed by atoms with van der Waals surface area (Å²) in [5, 5.41) is 0. The highest BCUT2D eigenvalue weighted by Crippen LogP contribution is 2.33. The fourth-order valence-electron chi connectivity index (χ4n) is 1.26. The summed E-state index contributed by atoms with van der Waals surface area (Å²) in [6.45, 7) is 4.44. The molecule has 11 heavy (non-hydrogen) atoms. The highest BCUT2D eigenvalue weighted by molar-refractivity contribution is 6.14. The molecule has 0 radical (unpaired) electrons. The van der Waals surface area contributed by atoms with Crippen molar-refractivity contribution in [2.75, 3.05) is 0 Å². The molecule has 0 spiro atoms. The van der Waals surface area contributed by atoms with Gasteiger partial charge in [0.15, 0.2) is 0 Å². The predicted molar refractivity (Wildman–Crippen MR) is 49.2 cm³/mol. The first kappa shape index (κ1) is 8.66. The normalized spacial score (nSPS) is 29.9. The Labute approximate surface area is 73.2 Å².